The van der Waals surface area contributed by atoms with E-state index in [1.807, 2.05) is 36.2 Å². The van der Waals surface area contributed by atoms with Crippen molar-refractivity contribution >= 4 is 57.9 Å². The molecule has 0 bridgehead atoms. The summed E-state index contributed by atoms with van der Waals surface area (Å²) in [6.07, 6.45) is 0.510. The molecule has 1 aromatic carbocycles. The van der Waals surface area contributed by atoms with Crippen molar-refractivity contribution in [2.45, 2.75) is 6.42 Å². The number of hydrogen-bond donors (Lipinski definition) is 1. The summed E-state index contributed by atoms with van der Waals surface area (Å²) in [5, 5.41) is 6.89. The SMILES string of the molecule is CN=C(NCCN1C(=O)Cc2ccccc21)N1CCN(c2cccs2)CC1.I. The fourth-order valence-corrected chi connectivity index (χ4v) is 4.55. The second kappa shape index (κ2) is 9.60. The van der Waals surface area contributed by atoms with Crippen LogP contribution < -0.4 is 15.1 Å². The molecule has 0 aliphatic carbocycles. The summed E-state index contributed by atoms with van der Waals surface area (Å²) >= 11 is 1.79. The standard InChI is InChI=1S/C20H25N5OS.HI/c1-21-20(24-12-10-23(11-13-24)19-7-4-14-27-19)22-8-9-25-17-6-3-2-5-16(17)15-18(25)26;/h2-7,14H,8-13,15H2,1H3,(H,21,22);1H. The van der Waals surface area contributed by atoms with Gasteiger partial charge in [0.1, 0.15) is 0 Å². The number of nitrogens with zero attached hydrogens (tertiary/aromatic N) is 4. The van der Waals surface area contributed by atoms with Crippen molar-refractivity contribution in [1.29, 1.82) is 0 Å². The zero-order valence-corrected chi connectivity index (χ0v) is 19.2. The van der Waals surface area contributed by atoms with Gasteiger partial charge >= 0.3 is 0 Å². The molecule has 0 radical (unpaired) electrons. The summed E-state index contributed by atoms with van der Waals surface area (Å²) in [5.41, 5.74) is 2.17. The van der Waals surface area contributed by atoms with Crippen molar-refractivity contribution in [3.05, 3.63) is 47.3 Å². The Labute approximate surface area is 187 Å². The molecule has 2 aliphatic heterocycles. The number of thiophene rings is 1. The molecule has 28 heavy (non-hydrogen) atoms. The highest BCUT2D eigenvalue weighted by Crippen LogP contribution is 2.27. The van der Waals surface area contributed by atoms with Crippen LogP contribution in [0.25, 0.3) is 0 Å². The van der Waals surface area contributed by atoms with E-state index < -0.39 is 0 Å². The molecule has 1 aromatic heterocycles. The van der Waals surface area contributed by atoms with Crippen LogP contribution in [0.5, 0.6) is 0 Å². The van der Waals surface area contributed by atoms with E-state index in [2.05, 4.69) is 37.6 Å². The second-order valence-electron chi connectivity index (χ2n) is 6.75. The predicted molar refractivity (Wildman–Crippen MR) is 127 cm³/mol. The Bertz CT molecular complexity index is 818. The number of carbonyl (C=O) groups is 1. The zero-order chi connectivity index (χ0) is 18.6. The van der Waals surface area contributed by atoms with Gasteiger partial charge in [-0.05, 0) is 29.1 Å². The summed E-state index contributed by atoms with van der Waals surface area (Å²) < 4.78 is 0. The average molecular weight is 511 g/mol. The van der Waals surface area contributed by atoms with Gasteiger partial charge in [0.05, 0.1) is 11.4 Å². The first kappa shape index (κ1) is 20.9. The third-order valence-corrected chi connectivity index (χ3v) is 6.08. The van der Waals surface area contributed by atoms with Gasteiger partial charge in [0.25, 0.3) is 0 Å². The van der Waals surface area contributed by atoms with E-state index in [0.29, 0.717) is 19.5 Å². The molecular formula is C20H26IN5OS. The fourth-order valence-electron chi connectivity index (χ4n) is 3.76. The highest BCUT2D eigenvalue weighted by molar-refractivity contribution is 14.0. The molecule has 0 spiro atoms. The van der Waals surface area contributed by atoms with Crippen LogP contribution in [0.15, 0.2) is 46.8 Å². The number of piperazine rings is 1. The Balaban J connectivity index is 0.00000225. The molecule has 2 aromatic rings. The summed E-state index contributed by atoms with van der Waals surface area (Å²) in [7, 11) is 1.82. The molecule has 0 saturated carbocycles. The van der Waals surface area contributed by atoms with Gasteiger partial charge in [-0.15, -0.1) is 35.3 Å². The Morgan fingerprint density at radius 3 is 2.64 bits per heavy atom. The van der Waals surface area contributed by atoms with Gasteiger partial charge in [-0.1, -0.05) is 18.2 Å². The maximum atomic E-state index is 12.3. The van der Waals surface area contributed by atoms with Crippen molar-refractivity contribution in [2.75, 3.05) is 56.1 Å². The normalized spacial score (nSPS) is 16.8. The topological polar surface area (TPSA) is 51.2 Å². The molecule has 1 saturated heterocycles. The molecule has 0 atom stereocenters. The first-order chi connectivity index (χ1) is 13.3. The lowest BCUT2D eigenvalue weighted by molar-refractivity contribution is -0.117. The first-order valence-electron chi connectivity index (χ1n) is 9.38. The number of hydrogen-bond acceptors (Lipinski definition) is 4. The van der Waals surface area contributed by atoms with Crippen LogP contribution in [0.4, 0.5) is 10.7 Å². The number of fused-ring (bicyclic) bond motifs is 1. The quantitative estimate of drug-likeness (QED) is 0.390. The highest BCUT2D eigenvalue weighted by atomic mass is 127. The number of anilines is 2. The van der Waals surface area contributed by atoms with Crippen LogP contribution in [0.1, 0.15) is 5.56 Å². The van der Waals surface area contributed by atoms with Crippen LogP contribution in [0.3, 0.4) is 0 Å². The van der Waals surface area contributed by atoms with E-state index in [4.69, 9.17) is 0 Å². The smallest absolute Gasteiger partial charge is 0.231 e. The Morgan fingerprint density at radius 1 is 1.14 bits per heavy atom. The van der Waals surface area contributed by atoms with Gasteiger partial charge in [-0.2, -0.15) is 0 Å². The monoisotopic (exact) mass is 511 g/mol. The van der Waals surface area contributed by atoms with Crippen molar-refractivity contribution < 1.29 is 4.79 Å². The zero-order valence-electron chi connectivity index (χ0n) is 16.0. The summed E-state index contributed by atoms with van der Waals surface area (Å²) in [4.78, 5) is 23.3. The van der Waals surface area contributed by atoms with Crippen LogP contribution in [-0.2, 0) is 11.2 Å². The van der Waals surface area contributed by atoms with Gasteiger partial charge in [0.15, 0.2) is 5.96 Å². The predicted octanol–water partition coefficient (Wildman–Crippen LogP) is 2.65. The number of benzene rings is 1. The van der Waals surface area contributed by atoms with Gasteiger partial charge in [0.2, 0.25) is 5.91 Å². The molecule has 1 N–H and O–H groups in total. The number of halogens is 1. The number of aliphatic imine (C=N–C) groups is 1. The number of carbonyl (C=O) groups excluding carboxylic acids is 1. The van der Waals surface area contributed by atoms with E-state index >= 15 is 0 Å². The summed E-state index contributed by atoms with van der Waals surface area (Å²) in [6, 6.07) is 12.3. The maximum absolute atomic E-state index is 12.3. The number of guanidine groups is 1. The van der Waals surface area contributed by atoms with E-state index in [-0.39, 0.29) is 29.9 Å². The van der Waals surface area contributed by atoms with Crippen LogP contribution in [-0.4, -0.2) is 63.1 Å². The lowest BCUT2D eigenvalue weighted by Crippen LogP contribution is -2.53. The van der Waals surface area contributed by atoms with E-state index in [9.17, 15) is 4.79 Å². The molecule has 150 valence electrons. The van der Waals surface area contributed by atoms with E-state index in [0.717, 1.165) is 43.4 Å². The first-order valence-corrected chi connectivity index (χ1v) is 10.3. The van der Waals surface area contributed by atoms with Gasteiger partial charge in [-0.25, -0.2) is 0 Å². The summed E-state index contributed by atoms with van der Waals surface area (Å²) in [6.45, 7) is 5.24. The minimum atomic E-state index is 0. The third kappa shape index (κ3) is 4.43. The van der Waals surface area contributed by atoms with Gasteiger partial charge in [0, 0.05) is 52.0 Å². The third-order valence-electron chi connectivity index (χ3n) is 5.15. The Morgan fingerprint density at radius 2 is 1.93 bits per heavy atom. The van der Waals surface area contributed by atoms with Crippen molar-refractivity contribution in [3.63, 3.8) is 0 Å². The molecule has 0 unspecified atom stereocenters. The molecule has 8 heteroatoms. The second-order valence-corrected chi connectivity index (χ2v) is 7.68. The molecule has 4 rings (SSSR count). The molecule has 1 amide bonds. The van der Waals surface area contributed by atoms with Crippen LogP contribution >= 0.6 is 35.3 Å². The molecule has 2 aliphatic rings. The molecule has 1 fully saturated rings. The maximum Gasteiger partial charge on any atom is 0.231 e. The average Bonchev–Trinajstić information content (AvgIpc) is 3.34. The molecule has 3 heterocycles. The van der Waals surface area contributed by atoms with Gasteiger partial charge in [-0.3, -0.25) is 9.79 Å². The minimum Gasteiger partial charge on any atom is -0.360 e. The van der Waals surface area contributed by atoms with Crippen LogP contribution in [0.2, 0.25) is 0 Å². The van der Waals surface area contributed by atoms with E-state index in [1.54, 1.807) is 11.3 Å². The van der Waals surface area contributed by atoms with Crippen LogP contribution in [0, 0.1) is 0 Å². The minimum absolute atomic E-state index is 0. The fraction of sp³-hybridized carbons (Fsp3) is 0.400. The summed E-state index contributed by atoms with van der Waals surface area (Å²) in [5.74, 6) is 1.10. The number of para-hydroxylation sites is 1. The number of nitrogens with one attached hydrogen (secondary N) is 1. The Hall–Kier alpha value is -1.81. The lowest BCUT2D eigenvalue weighted by atomic mass is 10.2. The largest absolute Gasteiger partial charge is 0.360 e. The van der Waals surface area contributed by atoms with Gasteiger partial charge < -0.3 is 20.0 Å². The number of amides is 1. The highest BCUT2D eigenvalue weighted by Gasteiger charge is 2.26. The van der Waals surface area contributed by atoms with Crippen molar-refractivity contribution in [1.82, 2.24) is 10.2 Å². The molecule has 6 nitrogen and oxygen atoms in total. The lowest BCUT2D eigenvalue weighted by Gasteiger charge is -2.37. The van der Waals surface area contributed by atoms with E-state index in [1.165, 1.54) is 5.00 Å². The number of rotatable bonds is 4. The molecular weight excluding hydrogens is 485 g/mol. The Kier molecular flexibility index (Phi) is 7.17. The van der Waals surface area contributed by atoms with Crippen molar-refractivity contribution in [2.24, 2.45) is 4.99 Å². The van der Waals surface area contributed by atoms with Crippen molar-refractivity contribution in [3.8, 4) is 0 Å².